The van der Waals surface area contributed by atoms with Gasteiger partial charge in [-0.25, -0.2) is 8.42 Å². The van der Waals surface area contributed by atoms with Crippen molar-refractivity contribution in [3.8, 4) is 0 Å². The zero-order chi connectivity index (χ0) is 19.8. The van der Waals surface area contributed by atoms with Crippen molar-refractivity contribution in [1.29, 1.82) is 0 Å². The van der Waals surface area contributed by atoms with Crippen molar-refractivity contribution in [3.05, 3.63) is 40.7 Å². The first-order valence-electron chi connectivity index (χ1n) is 9.14. The summed E-state index contributed by atoms with van der Waals surface area (Å²) in [5.74, 6) is -0.289. The summed E-state index contributed by atoms with van der Waals surface area (Å²) in [4.78, 5) is 12.9. The van der Waals surface area contributed by atoms with E-state index in [-0.39, 0.29) is 10.8 Å². The van der Waals surface area contributed by atoms with Gasteiger partial charge in [-0.15, -0.1) is 0 Å². The molecule has 146 valence electrons. The van der Waals surface area contributed by atoms with Gasteiger partial charge < -0.3 is 5.32 Å². The number of hydrogen-bond donors (Lipinski definition) is 1. The Morgan fingerprint density at radius 3 is 2.37 bits per heavy atom. The third kappa shape index (κ3) is 3.77. The molecule has 0 saturated carbocycles. The molecule has 1 saturated heterocycles. The van der Waals surface area contributed by atoms with E-state index in [1.807, 2.05) is 6.92 Å². The molecule has 0 aliphatic carbocycles. The summed E-state index contributed by atoms with van der Waals surface area (Å²) >= 11 is 0. The largest absolute Gasteiger partial charge is 0.322 e. The van der Waals surface area contributed by atoms with Crippen molar-refractivity contribution in [2.24, 2.45) is 7.05 Å². The van der Waals surface area contributed by atoms with E-state index in [0.717, 1.165) is 25.0 Å². The number of nitrogens with one attached hydrogen (secondary N) is 1. The lowest BCUT2D eigenvalue weighted by atomic mass is 10.1. The van der Waals surface area contributed by atoms with E-state index in [2.05, 4.69) is 10.4 Å². The second-order valence-corrected chi connectivity index (χ2v) is 8.97. The molecular weight excluding hydrogens is 364 g/mol. The van der Waals surface area contributed by atoms with Gasteiger partial charge in [0.2, 0.25) is 10.0 Å². The molecule has 0 unspecified atom stereocenters. The Kier molecular flexibility index (Phi) is 5.39. The van der Waals surface area contributed by atoms with Crippen molar-refractivity contribution in [2.45, 2.75) is 44.9 Å². The number of benzene rings is 1. The van der Waals surface area contributed by atoms with Gasteiger partial charge in [-0.05, 0) is 51.3 Å². The summed E-state index contributed by atoms with van der Waals surface area (Å²) in [5.41, 5.74) is 3.05. The number of sulfonamides is 1. The van der Waals surface area contributed by atoms with Gasteiger partial charge in [0.25, 0.3) is 5.91 Å². The van der Waals surface area contributed by atoms with Crippen LogP contribution in [0.3, 0.4) is 0 Å². The van der Waals surface area contributed by atoms with Gasteiger partial charge in [-0.1, -0.05) is 12.5 Å². The molecule has 1 aliphatic rings. The van der Waals surface area contributed by atoms with E-state index in [1.165, 1.54) is 0 Å². The number of aromatic nitrogens is 2. The second-order valence-electron chi connectivity index (χ2n) is 7.07. The maximum absolute atomic E-state index is 13.0. The Labute approximate surface area is 160 Å². The number of hydrogen-bond acceptors (Lipinski definition) is 4. The average Bonchev–Trinajstić information content (AvgIpc) is 2.89. The number of amides is 1. The van der Waals surface area contributed by atoms with Crippen molar-refractivity contribution in [2.75, 3.05) is 18.4 Å². The fraction of sp³-hybridized carbons (Fsp3) is 0.474. The van der Waals surface area contributed by atoms with Gasteiger partial charge in [0.15, 0.2) is 0 Å². The van der Waals surface area contributed by atoms with Crippen LogP contribution in [0.25, 0.3) is 0 Å². The Morgan fingerprint density at radius 2 is 1.78 bits per heavy atom. The van der Waals surface area contributed by atoms with E-state index >= 15 is 0 Å². The van der Waals surface area contributed by atoms with E-state index < -0.39 is 10.0 Å². The molecule has 8 heteroatoms. The predicted molar refractivity (Wildman–Crippen MR) is 104 cm³/mol. The Bertz CT molecular complexity index is 973. The minimum Gasteiger partial charge on any atom is -0.322 e. The smallest absolute Gasteiger partial charge is 0.259 e. The molecule has 1 aromatic heterocycles. The van der Waals surface area contributed by atoms with Crippen molar-refractivity contribution in [1.82, 2.24) is 14.1 Å². The molecule has 0 bridgehead atoms. The second kappa shape index (κ2) is 7.44. The number of carbonyl (C=O) groups is 1. The molecule has 0 radical (unpaired) electrons. The first-order chi connectivity index (χ1) is 12.7. The average molecular weight is 391 g/mol. The fourth-order valence-electron chi connectivity index (χ4n) is 3.50. The van der Waals surface area contributed by atoms with E-state index in [1.54, 1.807) is 48.1 Å². The standard InChI is InChI=1S/C19H26N4O3S/c1-13-8-9-16(20-19(24)18-14(2)21-22(4)15(18)3)12-17(13)27(25,26)23-10-6-5-7-11-23/h8-9,12H,5-7,10-11H2,1-4H3,(H,20,24). The van der Waals surface area contributed by atoms with Gasteiger partial charge in [-0.3, -0.25) is 9.48 Å². The number of piperidine rings is 1. The highest BCUT2D eigenvalue weighted by atomic mass is 32.2. The predicted octanol–water partition coefficient (Wildman–Crippen LogP) is 2.77. The number of anilines is 1. The summed E-state index contributed by atoms with van der Waals surface area (Å²) in [5, 5.41) is 7.08. The molecule has 2 aromatic rings. The van der Waals surface area contributed by atoms with Crippen LogP contribution in [0, 0.1) is 20.8 Å². The summed E-state index contributed by atoms with van der Waals surface area (Å²) in [6.07, 6.45) is 2.83. The molecule has 27 heavy (non-hydrogen) atoms. The molecule has 0 atom stereocenters. The first kappa shape index (κ1) is 19.6. The number of rotatable bonds is 4. The monoisotopic (exact) mass is 390 g/mol. The quantitative estimate of drug-likeness (QED) is 0.870. The normalized spacial score (nSPS) is 15.7. The van der Waals surface area contributed by atoms with Gasteiger partial charge in [0.1, 0.15) is 0 Å². The minimum absolute atomic E-state index is 0.252. The zero-order valence-corrected chi connectivity index (χ0v) is 17.1. The van der Waals surface area contributed by atoms with Gasteiger partial charge in [0, 0.05) is 31.5 Å². The van der Waals surface area contributed by atoms with Crippen LogP contribution in [0.1, 0.15) is 46.6 Å². The van der Waals surface area contributed by atoms with Crippen LogP contribution in [0.5, 0.6) is 0 Å². The SMILES string of the molecule is Cc1ccc(NC(=O)c2c(C)nn(C)c2C)cc1S(=O)(=O)N1CCCCC1. The lowest BCUT2D eigenvalue weighted by Crippen LogP contribution is -2.36. The number of aryl methyl sites for hydroxylation is 3. The molecule has 1 aliphatic heterocycles. The van der Waals surface area contributed by atoms with Crippen molar-refractivity contribution < 1.29 is 13.2 Å². The third-order valence-corrected chi connectivity index (χ3v) is 7.16. The Balaban J connectivity index is 1.90. The molecule has 0 spiro atoms. The van der Waals surface area contributed by atoms with Crippen LogP contribution >= 0.6 is 0 Å². The number of carbonyl (C=O) groups excluding carboxylic acids is 1. The van der Waals surface area contributed by atoms with Crippen LogP contribution in [0.2, 0.25) is 0 Å². The molecule has 3 rings (SSSR count). The third-order valence-electron chi connectivity index (χ3n) is 5.11. The van der Waals surface area contributed by atoms with Crippen molar-refractivity contribution >= 4 is 21.6 Å². The van der Waals surface area contributed by atoms with Crippen LogP contribution < -0.4 is 5.32 Å². The minimum atomic E-state index is -3.56. The van der Waals surface area contributed by atoms with E-state index in [4.69, 9.17) is 0 Å². The highest BCUT2D eigenvalue weighted by molar-refractivity contribution is 7.89. The van der Waals surface area contributed by atoms with Crippen molar-refractivity contribution in [3.63, 3.8) is 0 Å². The van der Waals surface area contributed by atoms with Crippen LogP contribution in [-0.4, -0.2) is 41.5 Å². The molecule has 7 nitrogen and oxygen atoms in total. The highest BCUT2D eigenvalue weighted by Gasteiger charge is 2.28. The highest BCUT2D eigenvalue weighted by Crippen LogP contribution is 2.26. The van der Waals surface area contributed by atoms with Gasteiger partial charge in [0.05, 0.1) is 16.2 Å². The van der Waals surface area contributed by atoms with E-state index in [9.17, 15) is 13.2 Å². The lowest BCUT2D eigenvalue weighted by Gasteiger charge is -2.26. The molecule has 1 amide bonds. The molecular formula is C19H26N4O3S. The zero-order valence-electron chi connectivity index (χ0n) is 16.2. The van der Waals surface area contributed by atoms with Gasteiger partial charge in [-0.2, -0.15) is 9.40 Å². The van der Waals surface area contributed by atoms with Crippen LogP contribution in [0.15, 0.2) is 23.1 Å². The molecule has 1 fully saturated rings. The van der Waals surface area contributed by atoms with Crippen LogP contribution in [0.4, 0.5) is 5.69 Å². The number of nitrogens with zero attached hydrogens (tertiary/aromatic N) is 3. The molecule has 1 N–H and O–H groups in total. The summed E-state index contributed by atoms with van der Waals surface area (Å²) in [7, 11) is -1.78. The van der Waals surface area contributed by atoms with Crippen LogP contribution in [-0.2, 0) is 17.1 Å². The topological polar surface area (TPSA) is 84.3 Å². The molecule has 1 aromatic carbocycles. The summed E-state index contributed by atoms with van der Waals surface area (Å²) in [6.45, 7) is 6.48. The maximum atomic E-state index is 13.0. The van der Waals surface area contributed by atoms with Gasteiger partial charge >= 0.3 is 0 Å². The van der Waals surface area contributed by atoms with E-state index in [0.29, 0.717) is 35.6 Å². The summed E-state index contributed by atoms with van der Waals surface area (Å²) < 4.78 is 29.3. The Morgan fingerprint density at radius 1 is 1.11 bits per heavy atom. The summed E-state index contributed by atoms with van der Waals surface area (Å²) in [6, 6.07) is 5.01. The first-order valence-corrected chi connectivity index (χ1v) is 10.6. The molecule has 2 heterocycles. The maximum Gasteiger partial charge on any atom is 0.259 e. The lowest BCUT2D eigenvalue weighted by molar-refractivity contribution is 0.102. The Hall–Kier alpha value is -2.19. The fourth-order valence-corrected chi connectivity index (χ4v) is 5.26.